The number of benzene rings is 2. The molecule has 1 saturated carbocycles. The van der Waals surface area contributed by atoms with Gasteiger partial charge in [-0.25, -0.2) is 32.9 Å². The number of ether oxygens (including phenoxy) is 2. The summed E-state index contributed by atoms with van der Waals surface area (Å²) in [5.74, 6) is 0.744. The van der Waals surface area contributed by atoms with E-state index < -0.39 is 31.9 Å². The molecule has 0 radical (unpaired) electrons. The molecule has 2 aromatic heterocycles. The van der Waals surface area contributed by atoms with Crippen LogP contribution >= 0.6 is 11.3 Å². The van der Waals surface area contributed by atoms with E-state index in [0.29, 0.717) is 52.3 Å². The van der Waals surface area contributed by atoms with Gasteiger partial charge in [0.25, 0.3) is 10.2 Å². The summed E-state index contributed by atoms with van der Waals surface area (Å²) in [5, 5.41) is 9.83. The Morgan fingerprint density at radius 3 is 2.49 bits per heavy atom. The minimum atomic E-state index is -4.25. The summed E-state index contributed by atoms with van der Waals surface area (Å²) in [6.07, 6.45) is 5.06. The van der Waals surface area contributed by atoms with E-state index in [9.17, 15) is 16.8 Å². The van der Waals surface area contributed by atoms with Gasteiger partial charge in [0.2, 0.25) is 5.95 Å². The third-order valence-electron chi connectivity index (χ3n) is 10.9. The number of nitrogens with two attached hydrogens (primary N) is 1. The van der Waals surface area contributed by atoms with E-state index in [2.05, 4.69) is 15.2 Å². The fourth-order valence-corrected chi connectivity index (χ4v) is 13.0. The van der Waals surface area contributed by atoms with Gasteiger partial charge in [-0.15, -0.1) is 0 Å². The highest BCUT2D eigenvalue weighted by Crippen LogP contribution is 2.51. The van der Waals surface area contributed by atoms with Crippen LogP contribution in [0.4, 0.5) is 15.5 Å². The number of anilines is 2. The molecule has 17 heteroatoms. The fourth-order valence-electron chi connectivity index (χ4n) is 8.77. The van der Waals surface area contributed by atoms with Crippen LogP contribution < -0.4 is 20.1 Å². The molecule has 9 rings (SSSR count). The number of halogens is 1. The Balaban J connectivity index is 1.12. The number of nitrogens with zero attached hydrogens (tertiary/aromatic N) is 5. The number of sulfone groups is 1. The maximum atomic E-state index is 17.2. The molecule has 6 heterocycles. The minimum Gasteiger partial charge on any atom is -0.496 e. The van der Waals surface area contributed by atoms with Gasteiger partial charge in [-0.2, -0.15) is 12.7 Å². The number of fused-ring (bicyclic) bond motifs is 3. The maximum Gasteiger partial charge on any atom is 0.278 e. The van der Waals surface area contributed by atoms with Crippen molar-refractivity contribution in [3.05, 3.63) is 71.2 Å². The number of methoxy groups -OCH3 is 1. The summed E-state index contributed by atoms with van der Waals surface area (Å²) in [5.41, 5.74) is 2.36. The molecular formula is C34H36FN7O6S3. The Morgan fingerprint density at radius 2 is 1.78 bits per heavy atom. The van der Waals surface area contributed by atoms with Gasteiger partial charge in [0, 0.05) is 40.9 Å². The van der Waals surface area contributed by atoms with Crippen LogP contribution in [0.1, 0.15) is 48.4 Å². The first-order valence-electron chi connectivity index (χ1n) is 16.8. The van der Waals surface area contributed by atoms with Gasteiger partial charge in [0.05, 0.1) is 66.2 Å². The Bertz CT molecular complexity index is 2250. The summed E-state index contributed by atoms with van der Waals surface area (Å²) in [7, 11) is -5.67. The number of aromatic nitrogens is 3. The molecule has 268 valence electrons. The molecule has 3 atom stereocenters. The predicted octanol–water partition coefficient (Wildman–Crippen LogP) is 3.88. The topological polar surface area (TPSA) is 170 Å². The van der Waals surface area contributed by atoms with E-state index >= 15 is 4.39 Å². The Morgan fingerprint density at radius 1 is 1.06 bits per heavy atom. The first kappa shape index (κ1) is 33.1. The molecule has 4 aromatic rings. The summed E-state index contributed by atoms with van der Waals surface area (Å²) >= 11 is 1.43. The second-order valence-electron chi connectivity index (χ2n) is 14.3. The highest BCUT2D eigenvalue weighted by atomic mass is 32.2. The Kier molecular flexibility index (Phi) is 7.72. The van der Waals surface area contributed by atoms with E-state index in [1.165, 1.54) is 18.4 Å². The van der Waals surface area contributed by atoms with Gasteiger partial charge in [-0.1, -0.05) is 35.6 Å². The summed E-state index contributed by atoms with van der Waals surface area (Å²) in [4.78, 5) is 17.3. The van der Waals surface area contributed by atoms with Gasteiger partial charge in [0.15, 0.2) is 15.0 Å². The van der Waals surface area contributed by atoms with Gasteiger partial charge in [-0.3, -0.25) is 0 Å². The molecule has 3 N–H and O–H groups in total. The average molecular weight is 754 g/mol. The smallest absolute Gasteiger partial charge is 0.278 e. The minimum absolute atomic E-state index is 0.0556. The molecule has 51 heavy (non-hydrogen) atoms. The zero-order chi connectivity index (χ0) is 35.3. The first-order chi connectivity index (χ1) is 24.4. The van der Waals surface area contributed by atoms with Crippen molar-refractivity contribution in [2.24, 2.45) is 10.6 Å². The normalized spacial score (nSPS) is 25.0. The monoisotopic (exact) mass is 753 g/mol. The quantitative estimate of drug-likeness (QED) is 0.268. The van der Waals surface area contributed by atoms with Crippen LogP contribution in [0, 0.1) is 11.2 Å². The zero-order valence-electron chi connectivity index (χ0n) is 27.7. The van der Waals surface area contributed by atoms with Crippen LogP contribution in [0.5, 0.6) is 5.75 Å². The predicted molar refractivity (Wildman–Crippen MR) is 190 cm³/mol. The largest absolute Gasteiger partial charge is 0.496 e. The lowest BCUT2D eigenvalue weighted by molar-refractivity contribution is 0.0906. The SMILES string of the molecule is COc1cccc2c1CN(S(N)(=O)=O)C2c1cccc(-c2nc(N3[C@@H]4CC[C@H]3COC4)sc2-c2ccnc(NC3CC4(C3)CS(=O)(=O)C4)n2)c1F. The van der Waals surface area contributed by atoms with Crippen molar-refractivity contribution in [2.75, 3.05) is 42.0 Å². The second kappa shape index (κ2) is 11.9. The lowest BCUT2D eigenvalue weighted by Gasteiger charge is -2.53. The van der Waals surface area contributed by atoms with Gasteiger partial charge in [-0.05, 0) is 49.4 Å². The Hall–Kier alpha value is -3.74. The van der Waals surface area contributed by atoms with Gasteiger partial charge < -0.3 is 19.7 Å². The fraction of sp³-hybridized carbons (Fsp3) is 0.441. The van der Waals surface area contributed by atoms with Crippen LogP contribution in [0.15, 0.2) is 48.7 Å². The Labute approximate surface area is 299 Å². The van der Waals surface area contributed by atoms with Crippen molar-refractivity contribution in [3.63, 3.8) is 0 Å². The highest BCUT2D eigenvalue weighted by molar-refractivity contribution is 7.92. The molecule has 1 unspecified atom stereocenters. The lowest BCUT2D eigenvalue weighted by Crippen LogP contribution is -2.60. The number of thiazole rings is 1. The molecule has 4 fully saturated rings. The molecule has 1 spiro atoms. The zero-order valence-corrected chi connectivity index (χ0v) is 30.1. The molecule has 3 saturated heterocycles. The van der Waals surface area contributed by atoms with Crippen molar-refractivity contribution in [3.8, 4) is 27.6 Å². The standard InChI is InChI=1S/C34H36FN7O6S3/c1-47-27-7-3-4-22-25(27)14-41(51(36,45)46)30(22)24-6-2-5-23(28(24)35)29-31(49-33(40-29)42-20-8-9-21(42)16-48-15-20)26-10-11-37-32(39-26)38-19-12-34(13-19)17-50(43,44)18-34/h2-7,10-11,19-21,30H,8-9,12-18H2,1H3,(H2,36,45,46)(H,37,38,39)/t20-,21+,30?. The van der Waals surface area contributed by atoms with Crippen LogP contribution in [-0.4, -0.2) is 86.0 Å². The summed E-state index contributed by atoms with van der Waals surface area (Å²) < 4.78 is 79.1. The second-order valence-corrected chi connectivity index (χ2v) is 18.8. The van der Waals surface area contributed by atoms with Crippen LogP contribution in [0.3, 0.4) is 0 Å². The third kappa shape index (κ3) is 5.60. The van der Waals surface area contributed by atoms with Crippen LogP contribution in [0.25, 0.3) is 21.8 Å². The first-order valence-corrected chi connectivity index (χ1v) is 21.0. The number of hydrogen-bond donors (Lipinski definition) is 2. The number of nitrogens with one attached hydrogen (secondary N) is 1. The molecule has 0 amide bonds. The van der Waals surface area contributed by atoms with E-state index in [1.807, 2.05) is 0 Å². The van der Waals surface area contributed by atoms with Crippen molar-refractivity contribution >= 4 is 42.5 Å². The molecule has 2 bridgehead atoms. The maximum absolute atomic E-state index is 17.2. The molecule has 2 aromatic carbocycles. The lowest BCUT2D eigenvalue weighted by atomic mass is 9.67. The number of morpholine rings is 1. The number of rotatable bonds is 8. The van der Waals surface area contributed by atoms with E-state index in [1.54, 1.807) is 48.7 Å². The van der Waals surface area contributed by atoms with Crippen molar-refractivity contribution in [2.45, 2.75) is 56.4 Å². The van der Waals surface area contributed by atoms with E-state index in [-0.39, 0.29) is 52.7 Å². The van der Waals surface area contributed by atoms with Crippen molar-refractivity contribution < 1.29 is 30.7 Å². The number of hydrogen-bond acceptors (Lipinski definition) is 12. The highest BCUT2D eigenvalue weighted by Gasteiger charge is 2.56. The molecule has 1 aliphatic carbocycles. The van der Waals surface area contributed by atoms with Crippen LogP contribution in [0.2, 0.25) is 0 Å². The van der Waals surface area contributed by atoms with Gasteiger partial charge >= 0.3 is 0 Å². The average Bonchev–Trinajstić information content (AvgIpc) is 3.75. The van der Waals surface area contributed by atoms with E-state index in [0.717, 1.165) is 35.1 Å². The molecule has 4 aliphatic heterocycles. The van der Waals surface area contributed by atoms with Crippen LogP contribution in [-0.2, 0) is 31.3 Å². The summed E-state index contributed by atoms with van der Waals surface area (Å²) in [6, 6.07) is 11.3. The third-order valence-corrected chi connectivity index (χ3v) is 15.1. The molecule has 5 aliphatic rings. The van der Waals surface area contributed by atoms with Crippen molar-refractivity contribution in [1.82, 2.24) is 19.3 Å². The van der Waals surface area contributed by atoms with E-state index in [4.69, 9.17) is 24.6 Å². The van der Waals surface area contributed by atoms with Crippen molar-refractivity contribution in [1.29, 1.82) is 0 Å². The molecule has 13 nitrogen and oxygen atoms in total. The summed E-state index contributed by atoms with van der Waals surface area (Å²) in [6.45, 7) is 1.11. The van der Waals surface area contributed by atoms with Gasteiger partial charge in [0.1, 0.15) is 11.6 Å². The molecular weight excluding hydrogens is 718 g/mol.